The molecule has 3 fully saturated rings. The van der Waals surface area contributed by atoms with Crippen LogP contribution in [0, 0.1) is 11.3 Å². The molecule has 1 N–H and O–H groups in total. The molecule has 1 aliphatic heterocycles. The average Bonchev–Trinajstić information content (AvgIpc) is 3.11. The van der Waals surface area contributed by atoms with Gasteiger partial charge in [-0.25, -0.2) is 0 Å². The minimum Gasteiger partial charge on any atom is -0.311 e. The Morgan fingerprint density at radius 1 is 0.947 bits per heavy atom. The number of piperidine rings is 1. The van der Waals surface area contributed by atoms with E-state index < -0.39 is 0 Å². The predicted molar refractivity (Wildman–Crippen MR) is 81.3 cm³/mol. The highest BCUT2D eigenvalue weighted by Gasteiger charge is 2.35. The Hall–Kier alpha value is -0.0800. The highest BCUT2D eigenvalue weighted by atomic mass is 15.2. The summed E-state index contributed by atoms with van der Waals surface area (Å²) in [6.45, 7) is 10.0. The summed E-state index contributed by atoms with van der Waals surface area (Å²) < 4.78 is 0. The molecule has 1 heterocycles. The fourth-order valence-corrected chi connectivity index (χ4v) is 4.68. The summed E-state index contributed by atoms with van der Waals surface area (Å²) in [4.78, 5) is 2.73. The normalized spacial score (nSPS) is 37.4. The Labute approximate surface area is 119 Å². The summed E-state index contributed by atoms with van der Waals surface area (Å²) in [6, 6.07) is 2.53. The average molecular weight is 264 g/mol. The van der Waals surface area contributed by atoms with Crippen LogP contribution in [0.1, 0.15) is 65.7 Å². The Kier molecular flexibility index (Phi) is 3.92. The quantitative estimate of drug-likeness (QED) is 0.840. The van der Waals surface area contributed by atoms with Crippen LogP contribution in [-0.4, -0.2) is 36.1 Å². The van der Waals surface area contributed by atoms with Gasteiger partial charge in [-0.3, -0.25) is 0 Å². The molecular weight excluding hydrogens is 232 g/mol. The van der Waals surface area contributed by atoms with E-state index in [-0.39, 0.29) is 0 Å². The van der Waals surface area contributed by atoms with Gasteiger partial charge in [0.25, 0.3) is 0 Å². The molecule has 0 bridgehead atoms. The number of hydrogen-bond donors (Lipinski definition) is 1. The maximum absolute atomic E-state index is 4.00. The fraction of sp³-hybridized carbons (Fsp3) is 1.00. The van der Waals surface area contributed by atoms with Crippen LogP contribution in [0.3, 0.4) is 0 Å². The van der Waals surface area contributed by atoms with Crippen molar-refractivity contribution < 1.29 is 0 Å². The van der Waals surface area contributed by atoms with Crippen LogP contribution in [0.25, 0.3) is 0 Å². The number of likely N-dealkylation sites (tertiary alicyclic amines) is 1. The van der Waals surface area contributed by atoms with Gasteiger partial charge in [0, 0.05) is 18.1 Å². The topological polar surface area (TPSA) is 15.3 Å². The number of rotatable bonds is 3. The Morgan fingerprint density at radius 2 is 1.63 bits per heavy atom. The highest BCUT2D eigenvalue weighted by Crippen LogP contribution is 2.39. The van der Waals surface area contributed by atoms with Gasteiger partial charge in [-0.05, 0) is 69.4 Å². The van der Waals surface area contributed by atoms with Crippen molar-refractivity contribution >= 4 is 0 Å². The van der Waals surface area contributed by atoms with E-state index in [1.54, 1.807) is 0 Å². The van der Waals surface area contributed by atoms with Crippen molar-refractivity contribution in [2.45, 2.75) is 83.8 Å². The molecule has 2 unspecified atom stereocenters. The summed E-state index contributed by atoms with van der Waals surface area (Å²) in [5, 5.41) is 4.00. The molecule has 0 radical (unpaired) electrons. The van der Waals surface area contributed by atoms with E-state index in [2.05, 4.69) is 31.0 Å². The van der Waals surface area contributed by atoms with Crippen molar-refractivity contribution in [1.29, 1.82) is 0 Å². The molecule has 2 nitrogen and oxygen atoms in total. The summed E-state index contributed by atoms with van der Waals surface area (Å²) >= 11 is 0. The first-order valence-corrected chi connectivity index (χ1v) is 8.52. The van der Waals surface area contributed by atoms with Crippen LogP contribution in [0.15, 0.2) is 0 Å². The summed E-state index contributed by atoms with van der Waals surface area (Å²) in [5.74, 6) is 0.896. The standard InChI is InChI=1S/C17H32N2/c1-13-10-15(12-17(2,3)11-13)18-14-6-8-19(9-7-14)16-4-5-16/h13-16,18H,4-12H2,1-3H3. The van der Waals surface area contributed by atoms with Gasteiger partial charge in [0.15, 0.2) is 0 Å². The zero-order chi connectivity index (χ0) is 13.5. The molecule has 0 spiro atoms. The van der Waals surface area contributed by atoms with Gasteiger partial charge in [0.05, 0.1) is 0 Å². The smallest absolute Gasteiger partial charge is 0.00964 e. The molecule has 2 saturated carbocycles. The van der Waals surface area contributed by atoms with Crippen LogP contribution >= 0.6 is 0 Å². The van der Waals surface area contributed by atoms with E-state index >= 15 is 0 Å². The zero-order valence-electron chi connectivity index (χ0n) is 13.1. The van der Waals surface area contributed by atoms with Crippen molar-refractivity contribution in [1.82, 2.24) is 10.2 Å². The maximum Gasteiger partial charge on any atom is 0.00964 e. The van der Waals surface area contributed by atoms with Crippen molar-refractivity contribution in [3.8, 4) is 0 Å². The van der Waals surface area contributed by atoms with Crippen molar-refractivity contribution in [3.05, 3.63) is 0 Å². The lowest BCUT2D eigenvalue weighted by atomic mass is 9.70. The van der Waals surface area contributed by atoms with Crippen LogP contribution in [0.4, 0.5) is 0 Å². The SMILES string of the molecule is CC1CC(NC2CCN(C3CC3)CC2)CC(C)(C)C1. The third-order valence-corrected chi connectivity index (χ3v) is 5.45. The first kappa shape index (κ1) is 13.9. The van der Waals surface area contributed by atoms with Crippen LogP contribution in [-0.2, 0) is 0 Å². The summed E-state index contributed by atoms with van der Waals surface area (Å²) in [5.41, 5.74) is 0.546. The number of nitrogens with one attached hydrogen (secondary N) is 1. The molecule has 0 aromatic carbocycles. The lowest BCUT2D eigenvalue weighted by Crippen LogP contribution is -2.49. The molecule has 110 valence electrons. The minimum absolute atomic E-state index is 0.546. The summed E-state index contributed by atoms with van der Waals surface area (Å²) in [6.07, 6.45) is 9.86. The molecule has 0 aromatic rings. The first-order chi connectivity index (χ1) is 9.02. The van der Waals surface area contributed by atoms with E-state index in [0.717, 1.165) is 24.0 Å². The van der Waals surface area contributed by atoms with Crippen molar-refractivity contribution in [3.63, 3.8) is 0 Å². The van der Waals surface area contributed by atoms with Gasteiger partial charge in [0.2, 0.25) is 0 Å². The minimum atomic E-state index is 0.546. The highest BCUT2D eigenvalue weighted by molar-refractivity contribution is 4.92. The van der Waals surface area contributed by atoms with E-state index in [1.165, 1.54) is 58.0 Å². The van der Waals surface area contributed by atoms with Gasteiger partial charge >= 0.3 is 0 Å². The van der Waals surface area contributed by atoms with Crippen LogP contribution in [0.2, 0.25) is 0 Å². The van der Waals surface area contributed by atoms with E-state index in [4.69, 9.17) is 0 Å². The lowest BCUT2D eigenvalue weighted by Gasteiger charge is -2.42. The van der Waals surface area contributed by atoms with E-state index in [1.807, 2.05) is 0 Å². The third kappa shape index (κ3) is 3.72. The van der Waals surface area contributed by atoms with Gasteiger partial charge in [0.1, 0.15) is 0 Å². The predicted octanol–water partition coefficient (Wildman–Crippen LogP) is 3.42. The monoisotopic (exact) mass is 264 g/mol. The molecule has 2 heteroatoms. The van der Waals surface area contributed by atoms with Crippen LogP contribution in [0.5, 0.6) is 0 Å². The lowest BCUT2D eigenvalue weighted by molar-refractivity contribution is 0.125. The molecular formula is C17H32N2. The fourth-order valence-electron chi connectivity index (χ4n) is 4.68. The van der Waals surface area contributed by atoms with Gasteiger partial charge in [-0.15, -0.1) is 0 Å². The van der Waals surface area contributed by atoms with Crippen LogP contribution < -0.4 is 5.32 Å². The Bertz CT molecular complexity index is 300. The van der Waals surface area contributed by atoms with Gasteiger partial charge < -0.3 is 10.2 Å². The summed E-state index contributed by atoms with van der Waals surface area (Å²) in [7, 11) is 0. The Balaban J connectivity index is 1.46. The molecule has 0 aromatic heterocycles. The molecule has 0 amide bonds. The van der Waals surface area contributed by atoms with Gasteiger partial charge in [-0.1, -0.05) is 20.8 Å². The molecule has 2 aliphatic carbocycles. The maximum atomic E-state index is 4.00. The molecule has 19 heavy (non-hydrogen) atoms. The number of hydrogen-bond acceptors (Lipinski definition) is 2. The Morgan fingerprint density at radius 3 is 2.21 bits per heavy atom. The van der Waals surface area contributed by atoms with E-state index in [0.29, 0.717) is 5.41 Å². The largest absolute Gasteiger partial charge is 0.311 e. The molecule has 3 rings (SSSR count). The van der Waals surface area contributed by atoms with Crippen molar-refractivity contribution in [2.24, 2.45) is 11.3 Å². The van der Waals surface area contributed by atoms with Gasteiger partial charge in [-0.2, -0.15) is 0 Å². The first-order valence-electron chi connectivity index (χ1n) is 8.52. The van der Waals surface area contributed by atoms with Crippen molar-refractivity contribution in [2.75, 3.05) is 13.1 Å². The molecule has 2 atom stereocenters. The third-order valence-electron chi connectivity index (χ3n) is 5.45. The second kappa shape index (κ2) is 5.37. The number of nitrogens with zero attached hydrogens (tertiary/aromatic N) is 1. The second-order valence-electron chi connectivity index (χ2n) is 8.32. The molecule has 3 aliphatic rings. The zero-order valence-corrected chi connectivity index (χ0v) is 13.1. The second-order valence-corrected chi connectivity index (χ2v) is 8.32. The van der Waals surface area contributed by atoms with E-state index in [9.17, 15) is 0 Å². The molecule has 1 saturated heterocycles.